The summed E-state index contributed by atoms with van der Waals surface area (Å²) >= 11 is 0. The average Bonchev–Trinajstić information content (AvgIpc) is 3.52. The average molecular weight is 435 g/mol. The smallest absolute Gasteiger partial charge is 0.145 e. The number of aryl methyl sites for hydroxylation is 2. The third-order valence-corrected chi connectivity index (χ3v) is 7.52. The van der Waals surface area contributed by atoms with Gasteiger partial charge >= 0.3 is 0 Å². The number of hydrogen-bond acceptors (Lipinski definition) is 7. The first-order valence-corrected chi connectivity index (χ1v) is 10.9. The summed E-state index contributed by atoms with van der Waals surface area (Å²) in [5, 5.41) is 22.8. The predicted octanol–water partition coefficient (Wildman–Crippen LogP) is 2.09. The molecule has 32 heavy (non-hydrogen) atoms. The number of fused-ring (bicyclic) bond motifs is 2. The van der Waals surface area contributed by atoms with Crippen molar-refractivity contribution in [2.45, 2.75) is 51.0 Å². The molecule has 0 bridgehead atoms. The summed E-state index contributed by atoms with van der Waals surface area (Å²) < 4.78 is 10.2. The van der Waals surface area contributed by atoms with Crippen molar-refractivity contribution in [1.82, 2.24) is 23.9 Å². The number of anilines is 1. The molecule has 1 aliphatic heterocycles. The molecule has 5 heterocycles. The van der Waals surface area contributed by atoms with Gasteiger partial charge in [-0.15, -0.1) is 0 Å². The number of pyridine rings is 1. The molecule has 4 aromatic heterocycles. The number of rotatable bonds is 2. The zero-order chi connectivity index (χ0) is 22.2. The zero-order valence-corrected chi connectivity index (χ0v) is 18.0. The number of aliphatic hydroxyl groups excluding tert-OH is 2. The fourth-order valence-corrected chi connectivity index (χ4v) is 5.57. The number of nitrogens with zero attached hydrogens (tertiary/aromatic N) is 5. The second kappa shape index (κ2) is 6.74. The van der Waals surface area contributed by atoms with Gasteiger partial charge in [0.25, 0.3) is 0 Å². The van der Waals surface area contributed by atoms with Crippen LogP contribution < -0.4 is 5.73 Å². The minimum absolute atomic E-state index is 0.155. The van der Waals surface area contributed by atoms with Gasteiger partial charge in [0.1, 0.15) is 29.5 Å². The molecule has 0 unspecified atom stereocenters. The lowest BCUT2D eigenvalue weighted by molar-refractivity contribution is -0.0309. The standard InChI is InChI=1S/C23H26N6O3/c1-12-13(2)28-5-3-14(7-18(28)27-12)17-9-23(10-32-17)8-16(19(30)20(23)31)29-6-4-15-21(24)25-11-26-22(15)29/h3-7,11,16-17,19-20,30-31H,8-10H2,1-2H3,(H2,24,25,26)/t16-,17-,19+,20+,23-/m1/s1. The van der Waals surface area contributed by atoms with Crippen molar-refractivity contribution >= 4 is 22.5 Å². The van der Waals surface area contributed by atoms with Crippen LogP contribution in [0.25, 0.3) is 16.7 Å². The van der Waals surface area contributed by atoms with E-state index in [0.717, 1.165) is 28.0 Å². The third kappa shape index (κ3) is 2.65. The van der Waals surface area contributed by atoms with Crippen LogP contribution in [0, 0.1) is 19.3 Å². The molecule has 1 saturated heterocycles. The summed E-state index contributed by atoms with van der Waals surface area (Å²) in [6, 6.07) is 5.64. The van der Waals surface area contributed by atoms with Crippen molar-refractivity contribution in [1.29, 1.82) is 0 Å². The Bertz CT molecular complexity index is 1350. The molecule has 1 spiro atoms. The van der Waals surface area contributed by atoms with Gasteiger partial charge in [-0.05, 0) is 50.5 Å². The highest BCUT2D eigenvalue weighted by Gasteiger charge is 2.57. The van der Waals surface area contributed by atoms with Crippen molar-refractivity contribution in [3.63, 3.8) is 0 Å². The minimum Gasteiger partial charge on any atom is -0.390 e. The van der Waals surface area contributed by atoms with E-state index in [4.69, 9.17) is 10.5 Å². The van der Waals surface area contributed by atoms with Gasteiger partial charge in [0.05, 0.1) is 35.9 Å². The Morgan fingerprint density at radius 2 is 2.00 bits per heavy atom. The number of aromatic nitrogens is 5. The molecule has 6 rings (SSSR count). The number of ether oxygens (including phenoxy) is 1. The number of hydrogen-bond donors (Lipinski definition) is 3. The topological polar surface area (TPSA) is 124 Å². The predicted molar refractivity (Wildman–Crippen MR) is 118 cm³/mol. The molecule has 2 aliphatic rings. The Morgan fingerprint density at radius 3 is 2.84 bits per heavy atom. The maximum Gasteiger partial charge on any atom is 0.145 e. The minimum atomic E-state index is -0.927. The molecule has 9 heteroatoms. The molecule has 0 aromatic carbocycles. The van der Waals surface area contributed by atoms with Crippen LogP contribution in [0.1, 0.15) is 41.9 Å². The van der Waals surface area contributed by atoms with Crippen LogP contribution in [0.3, 0.4) is 0 Å². The maximum absolute atomic E-state index is 11.1. The van der Waals surface area contributed by atoms with Crippen LogP contribution >= 0.6 is 0 Å². The monoisotopic (exact) mass is 434 g/mol. The van der Waals surface area contributed by atoms with Gasteiger partial charge < -0.3 is 29.7 Å². The van der Waals surface area contributed by atoms with Crippen LogP contribution in [0.2, 0.25) is 0 Å². The van der Waals surface area contributed by atoms with E-state index in [1.165, 1.54) is 6.33 Å². The van der Waals surface area contributed by atoms with Crippen LogP contribution in [-0.2, 0) is 4.74 Å². The highest BCUT2D eigenvalue weighted by molar-refractivity contribution is 5.86. The fraction of sp³-hybridized carbons (Fsp3) is 0.435. The quantitative estimate of drug-likeness (QED) is 0.441. The lowest BCUT2D eigenvalue weighted by Crippen LogP contribution is -2.37. The van der Waals surface area contributed by atoms with E-state index < -0.39 is 17.6 Å². The van der Waals surface area contributed by atoms with Gasteiger partial charge in [0, 0.05) is 23.5 Å². The van der Waals surface area contributed by atoms with Gasteiger partial charge in [-0.3, -0.25) is 0 Å². The SMILES string of the molecule is Cc1nc2cc([C@H]3C[C@@]4(CO3)C[C@@H](n3ccc5c(N)ncnc53)[C@H](O)[C@@H]4O)ccn2c1C. The number of nitrogens with two attached hydrogens (primary N) is 1. The second-order valence-electron chi connectivity index (χ2n) is 9.26. The van der Waals surface area contributed by atoms with Crippen molar-refractivity contribution < 1.29 is 14.9 Å². The Morgan fingerprint density at radius 1 is 1.16 bits per heavy atom. The first kappa shape index (κ1) is 19.7. The van der Waals surface area contributed by atoms with Crippen LogP contribution in [0.4, 0.5) is 5.82 Å². The Kier molecular flexibility index (Phi) is 4.14. The van der Waals surface area contributed by atoms with E-state index in [9.17, 15) is 10.2 Å². The molecule has 5 atom stereocenters. The summed E-state index contributed by atoms with van der Waals surface area (Å²) in [6.07, 6.45) is 4.55. The normalized spacial score (nSPS) is 30.2. The highest BCUT2D eigenvalue weighted by Crippen LogP contribution is 2.54. The van der Waals surface area contributed by atoms with E-state index in [-0.39, 0.29) is 12.1 Å². The molecule has 0 amide bonds. The molecule has 1 saturated carbocycles. The van der Waals surface area contributed by atoms with E-state index in [1.807, 2.05) is 30.0 Å². The van der Waals surface area contributed by atoms with E-state index in [0.29, 0.717) is 30.9 Å². The molecule has 0 radical (unpaired) electrons. The van der Waals surface area contributed by atoms with E-state index in [2.05, 4.69) is 38.4 Å². The van der Waals surface area contributed by atoms with Gasteiger partial charge in [0.2, 0.25) is 0 Å². The molecule has 2 fully saturated rings. The molecular formula is C23H26N6O3. The number of nitrogen functional groups attached to an aromatic ring is 1. The van der Waals surface area contributed by atoms with Crippen molar-refractivity contribution in [2.75, 3.05) is 12.3 Å². The number of aliphatic hydroxyl groups is 2. The Hall–Kier alpha value is -3.01. The molecule has 4 aromatic rings. The molecule has 1 aliphatic carbocycles. The van der Waals surface area contributed by atoms with Crippen LogP contribution in [0.5, 0.6) is 0 Å². The lowest BCUT2D eigenvalue weighted by atomic mass is 9.80. The molecule has 9 nitrogen and oxygen atoms in total. The summed E-state index contributed by atoms with van der Waals surface area (Å²) in [5.74, 6) is 0.403. The largest absolute Gasteiger partial charge is 0.390 e. The summed E-state index contributed by atoms with van der Waals surface area (Å²) in [5.41, 5.74) is 10.2. The zero-order valence-electron chi connectivity index (χ0n) is 18.0. The second-order valence-corrected chi connectivity index (χ2v) is 9.26. The van der Waals surface area contributed by atoms with E-state index in [1.54, 1.807) is 0 Å². The maximum atomic E-state index is 11.1. The summed E-state index contributed by atoms with van der Waals surface area (Å²) in [7, 11) is 0. The van der Waals surface area contributed by atoms with Gasteiger partial charge in [0.15, 0.2) is 0 Å². The molecular weight excluding hydrogens is 408 g/mol. The van der Waals surface area contributed by atoms with Crippen molar-refractivity contribution in [2.24, 2.45) is 5.41 Å². The summed E-state index contributed by atoms with van der Waals surface area (Å²) in [6.45, 7) is 4.44. The van der Waals surface area contributed by atoms with Gasteiger partial charge in [-0.25, -0.2) is 15.0 Å². The van der Waals surface area contributed by atoms with Crippen LogP contribution in [0.15, 0.2) is 36.9 Å². The van der Waals surface area contributed by atoms with Crippen molar-refractivity contribution in [3.8, 4) is 0 Å². The Balaban J connectivity index is 1.31. The number of imidazole rings is 1. The molecule has 166 valence electrons. The fourth-order valence-electron chi connectivity index (χ4n) is 5.57. The van der Waals surface area contributed by atoms with Gasteiger partial charge in [-0.1, -0.05) is 0 Å². The molecule has 4 N–H and O–H groups in total. The first-order chi connectivity index (χ1) is 15.4. The Labute approximate surface area is 184 Å². The van der Waals surface area contributed by atoms with Gasteiger partial charge in [-0.2, -0.15) is 0 Å². The lowest BCUT2D eigenvalue weighted by Gasteiger charge is -2.26. The van der Waals surface area contributed by atoms with Crippen LogP contribution in [-0.4, -0.2) is 52.9 Å². The highest BCUT2D eigenvalue weighted by atomic mass is 16.5. The third-order valence-electron chi connectivity index (χ3n) is 7.52. The first-order valence-electron chi connectivity index (χ1n) is 10.9. The van der Waals surface area contributed by atoms with Crippen molar-refractivity contribution in [3.05, 3.63) is 53.9 Å². The summed E-state index contributed by atoms with van der Waals surface area (Å²) in [4.78, 5) is 13.0. The van der Waals surface area contributed by atoms with E-state index >= 15 is 0 Å².